The first-order chi connectivity index (χ1) is 11.3. The molecular weight excluding hydrogens is 312 g/mol. The standard InChI is InChI=1S/C16H14N4O2S/c1-2-3-14-19-20-11(9-17)15(18-16(20)23-14)10-4-5-12-13(8-10)22-7-6-21-12/h4-5,8H,2-3,6-7H2,1H3. The van der Waals surface area contributed by atoms with E-state index >= 15 is 0 Å². The summed E-state index contributed by atoms with van der Waals surface area (Å²) >= 11 is 1.53. The molecule has 116 valence electrons. The summed E-state index contributed by atoms with van der Waals surface area (Å²) in [5.74, 6) is 1.41. The number of aryl methyl sites for hydroxylation is 1. The van der Waals surface area contributed by atoms with Crippen LogP contribution in [0.4, 0.5) is 0 Å². The number of nitriles is 1. The van der Waals surface area contributed by atoms with E-state index in [1.807, 2.05) is 18.2 Å². The Morgan fingerprint density at radius 2 is 2.13 bits per heavy atom. The third-order valence-electron chi connectivity index (χ3n) is 3.63. The van der Waals surface area contributed by atoms with Crippen LogP contribution in [-0.4, -0.2) is 27.8 Å². The Labute approximate surface area is 136 Å². The molecule has 0 saturated carbocycles. The summed E-state index contributed by atoms with van der Waals surface area (Å²) in [5, 5.41) is 15.0. The van der Waals surface area contributed by atoms with Crippen LogP contribution in [0.1, 0.15) is 24.0 Å². The fourth-order valence-corrected chi connectivity index (χ4v) is 3.59. The maximum Gasteiger partial charge on any atom is 0.214 e. The van der Waals surface area contributed by atoms with Gasteiger partial charge < -0.3 is 9.47 Å². The van der Waals surface area contributed by atoms with Crippen LogP contribution in [0, 0.1) is 11.3 Å². The number of rotatable bonds is 3. The van der Waals surface area contributed by atoms with Crippen LogP contribution in [0.2, 0.25) is 0 Å². The lowest BCUT2D eigenvalue weighted by molar-refractivity contribution is 0.171. The number of aromatic nitrogens is 3. The van der Waals surface area contributed by atoms with Crippen molar-refractivity contribution >= 4 is 16.3 Å². The molecule has 4 rings (SSSR count). The van der Waals surface area contributed by atoms with E-state index in [1.165, 1.54) is 11.3 Å². The van der Waals surface area contributed by atoms with E-state index in [9.17, 15) is 5.26 Å². The van der Waals surface area contributed by atoms with Crippen molar-refractivity contribution in [1.82, 2.24) is 14.6 Å². The predicted molar refractivity (Wildman–Crippen MR) is 86.0 cm³/mol. The summed E-state index contributed by atoms with van der Waals surface area (Å²) in [6.07, 6.45) is 1.92. The predicted octanol–water partition coefficient (Wildman–Crippen LogP) is 3.05. The Kier molecular flexibility index (Phi) is 3.39. The minimum Gasteiger partial charge on any atom is -0.486 e. The number of benzene rings is 1. The minimum absolute atomic E-state index is 0.454. The van der Waals surface area contributed by atoms with Gasteiger partial charge in [-0.1, -0.05) is 18.3 Å². The molecule has 3 heterocycles. The quantitative estimate of drug-likeness (QED) is 0.739. The van der Waals surface area contributed by atoms with Crippen molar-refractivity contribution in [2.24, 2.45) is 0 Å². The van der Waals surface area contributed by atoms with Crippen molar-refractivity contribution in [1.29, 1.82) is 5.26 Å². The Hall–Kier alpha value is -2.59. The van der Waals surface area contributed by atoms with Crippen LogP contribution < -0.4 is 9.47 Å². The molecule has 0 unspecified atom stereocenters. The van der Waals surface area contributed by atoms with Crippen molar-refractivity contribution in [2.75, 3.05) is 13.2 Å². The molecule has 1 aromatic carbocycles. The molecule has 0 aliphatic carbocycles. The van der Waals surface area contributed by atoms with E-state index in [0.29, 0.717) is 30.4 Å². The SMILES string of the molecule is CCCc1nn2c(C#N)c(-c3ccc4c(c3)OCCO4)nc2s1. The monoisotopic (exact) mass is 326 g/mol. The van der Waals surface area contributed by atoms with Gasteiger partial charge in [0.1, 0.15) is 30.0 Å². The summed E-state index contributed by atoms with van der Waals surface area (Å²) in [7, 11) is 0. The van der Waals surface area contributed by atoms with Crippen LogP contribution in [0.5, 0.6) is 11.5 Å². The number of nitrogens with zero attached hydrogens (tertiary/aromatic N) is 4. The summed E-state index contributed by atoms with van der Waals surface area (Å²) in [6, 6.07) is 7.85. The lowest BCUT2D eigenvalue weighted by Gasteiger charge is -2.18. The number of imidazole rings is 1. The zero-order chi connectivity index (χ0) is 15.8. The normalized spacial score (nSPS) is 13.2. The average molecular weight is 326 g/mol. The molecule has 0 amide bonds. The highest BCUT2D eigenvalue weighted by molar-refractivity contribution is 7.16. The van der Waals surface area contributed by atoms with Gasteiger partial charge in [-0.15, -0.1) is 0 Å². The van der Waals surface area contributed by atoms with Crippen LogP contribution in [0.15, 0.2) is 18.2 Å². The van der Waals surface area contributed by atoms with Gasteiger partial charge in [0.25, 0.3) is 0 Å². The van der Waals surface area contributed by atoms with Crippen LogP contribution >= 0.6 is 11.3 Å². The molecule has 0 bridgehead atoms. The fourth-order valence-electron chi connectivity index (χ4n) is 2.60. The Bertz CT molecular complexity index is 922. The second-order valence-corrected chi connectivity index (χ2v) is 6.26. The molecule has 0 atom stereocenters. The average Bonchev–Trinajstić information content (AvgIpc) is 3.11. The van der Waals surface area contributed by atoms with Crippen molar-refractivity contribution in [3.8, 4) is 28.8 Å². The highest BCUT2D eigenvalue weighted by Gasteiger charge is 2.20. The molecule has 3 aromatic rings. The largest absolute Gasteiger partial charge is 0.486 e. The number of ether oxygens (including phenoxy) is 2. The van der Waals surface area contributed by atoms with Gasteiger partial charge in [-0.3, -0.25) is 0 Å². The lowest BCUT2D eigenvalue weighted by Crippen LogP contribution is -2.15. The molecule has 0 radical (unpaired) electrons. The molecule has 0 saturated heterocycles. The van der Waals surface area contributed by atoms with Crippen LogP contribution in [0.25, 0.3) is 16.2 Å². The molecular formula is C16H14N4O2S. The van der Waals surface area contributed by atoms with E-state index in [4.69, 9.17) is 9.47 Å². The number of fused-ring (bicyclic) bond motifs is 2. The van der Waals surface area contributed by atoms with Crippen molar-refractivity contribution in [3.63, 3.8) is 0 Å². The van der Waals surface area contributed by atoms with Gasteiger partial charge in [-0.2, -0.15) is 14.9 Å². The van der Waals surface area contributed by atoms with Crippen molar-refractivity contribution in [3.05, 3.63) is 28.9 Å². The second kappa shape index (κ2) is 5.56. The molecule has 0 fully saturated rings. The molecule has 0 spiro atoms. The van der Waals surface area contributed by atoms with E-state index in [1.54, 1.807) is 4.52 Å². The van der Waals surface area contributed by atoms with Crippen LogP contribution in [0.3, 0.4) is 0 Å². The number of hydrogen-bond donors (Lipinski definition) is 0. The van der Waals surface area contributed by atoms with Crippen molar-refractivity contribution in [2.45, 2.75) is 19.8 Å². The Morgan fingerprint density at radius 3 is 2.91 bits per heavy atom. The molecule has 7 heteroatoms. The first kappa shape index (κ1) is 14.0. The summed E-state index contributed by atoms with van der Waals surface area (Å²) in [5.41, 5.74) is 1.92. The highest BCUT2D eigenvalue weighted by Crippen LogP contribution is 2.35. The maximum absolute atomic E-state index is 9.54. The first-order valence-electron chi connectivity index (χ1n) is 7.48. The minimum atomic E-state index is 0.454. The van der Waals surface area contributed by atoms with Crippen LogP contribution in [-0.2, 0) is 6.42 Å². The molecule has 1 aliphatic rings. The third kappa shape index (κ3) is 2.32. The zero-order valence-electron chi connectivity index (χ0n) is 12.6. The molecule has 23 heavy (non-hydrogen) atoms. The second-order valence-electron chi connectivity index (χ2n) is 5.22. The smallest absolute Gasteiger partial charge is 0.214 e. The van der Waals surface area contributed by atoms with Gasteiger partial charge in [0, 0.05) is 12.0 Å². The van der Waals surface area contributed by atoms with Gasteiger partial charge in [-0.05, 0) is 24.6 Å². The van der Waals surface area contributed by atoms with Gasteiger partial charge in [-0.25, -0.2) is 4.98 Å². The van der Waals surface area contributed by atoms with Gasteiger partial charge in [0.2, 0.25) is 4.96 Å². The highest BCUT2D eigenvalue weighted by atomic mass is 32.1. The summed E-state index contributed by atoms with van der Waals surface area (Å²) in [6.45, 7) is 3.19. The third-order valence-corrected chi connectivity index (χ3v) is 4.60. The molecule has 6 nitrogen and oxygen atoms in total. The Balaban J connectivity index is 1.82. The number of hydrogen-bond acceptors (Lipinski definition) is 6. The van der Waals surface area contributed by atoms with E-state index in [0.717, 1.165) is 34.1 Å². The topological polar surface area (TPSA) is 72.4 Å². The van der Waals surface area contributed by atoms with E-state index < -0.39 is 0 Å². The van der Waals surface area contributed by atoms with Gasteiger partial charge in [0.15, 0.2) is 17.2 Å². The lowest BCUT2D eigenvalue weighted by atomic mass is 10.1. The molecule has 1 aliphatic heterocycles. The van der Waals surface area contributed by atoms with Gasteiger partial charge in [0.05, 0.1) is 0 Å². The van der Waals surface area contributed by atoms with E-state index in [-0.39, 0.29) is 0 Å². The van der Waals surface area contributed by atoms with E-state index in [2.05, 4.69) is 23.1 Å². The fraction of sp³-hybridized carbons (Fsp3) is 0.312. The van der Waals surface area contributed by atoms with Gasteiger partial charge >= 0.3 is 0 Å². The zero-order valence-corrected chi connectivity index (χ0v) is 13.4. The maximum atomic E-state index is 9.54. The molecule has 2 aromatic heterocycles. The first-order valence-corrected chi connectivity index (χ1v) is 8.30. The molecule has 0 N–H and O–H groups in total. The Morgan fingerprint density at radius 1 is 1.30 bits per heavy atom. The van der Waals surface area contributed by atoms with Crippen molar-refractivity contribution < 1.29 is 9.47 Å². The summed E-state index contributed by atoms with van der Waals surface area (Å²) < 4.78 is 12.8. The summed E-state index contributed by atoms with van der Waals surface area (Å²) in [4.78, 5) is 5.35.